The van der Waals surface area contributed by atoms with Crippen LogP contribution in [0.2, 0.25) is 5.02 Å². The second kappa shape index (κ2) is 6.39. The van der Waals surface area contributed by atoms with Gasteiger partial charge in [0.15, 0.2) is 11.5 Å². The molecule has 0 aliphatic rings. The summed E-state index contributed by atoms with van der Waals surface area (Å²) in [7, 11) is 3.20. The van der Waals surface area contributed by atoms with Crippen LogP contribution < -0.4 is 14.8 Å². The van der Waals surface area contributed by atoms with E-state index in [1.165, 1.54) is 0 Å². The topological polar surface area (TPSA) is 50.7 Å². The summed E-state index contributed by atoms with van der Waals surface area (Å²) in [5.41, 5.74) is 1.88. The maximum absolute atomic E-state index is 9.37. The molecule has 0 fully saturated rings. The standard InChI is InChI=1S/C15H16ClNO3/c1-19-14-6-4-11(8-15(14)20-2)17-9-10-3-5-13(18)12(16)7-10/h3-8,17-18H,9H2,1-2H3. The summed E-state index contributed by atoms with van der Waals surface area (Å²) in [5, 5.41) is 13.0. The van der Waals surface area contributed by atoms with Crippen LogP contribution in [0.4, 0.5) is 5.69 Å². The smallest absolute Gasteiger partial charge is 0.162 e. The number of nitrogens with one attached hydrogen (secondary N) is 1. The molecular weight excluding hydrogens is 278 g/mol. The van der Waals surface area contributed by atoms with Gasteiger partial charge in [0.05, 0.1) is 19.2 Å². The molecule has 0 radical (unpaired) electrons. The van der Waals surface area contributed by atoms with Crippen LogP contribution in [-0.2, 0) is 6.54 Å². The Morgan fingerprint density at radius 2 is 1.80 bits per heavy atom. The SMILES string of the molecule is COc1ccc(NCc2ccc(O)c(Cl)c2)cc1OC. The zero-order chi connectivity index (χ0) is 14.5. The van der Waals surface area contributed by atoms with Gasteiger partial charge in [-0.25, -0.2) is 0 Å². The largest absolute Gasteiger partial charge is 0.506 e. The predicted octanol–water partition coefficient (Wildman–Crippen LogP) is 3.67. The normalized spacial score (nSPS) is 10.2. The number of phenols is 1. The molecule has 0 saturated heterocycles. The lowest BCUT2D eigenvalue weighted by molar-refractivity contribution is 0.355. The molecule has 0 aliphatic carbocycles. The zero-order valence-electron chi connectivity index (χ0n) is 11.3. The molecule has 0 unspecified atom stereocenters. The minimum atomic E-state index is 0.0848. The highest BCUT2D eigenvalue weighted by atomic mass is 35.5. The summed E-state index contributed by atoms with van der Waals surface area (Å²) in [5.74, 6) is 1.44. The number of anilines is 1. The minimum absolute atomic E-state index is 0.0848. The average molecular weight is 294 g/mol. The van der Waals surface area contributed by atoms with Gasteiger partial charge in [-0.3, -0.25) is 0 Å². The van der Waals surface area contributed by atoms with Crippen molar-refractivity contribution in [3.05, 3.63) is 47.0 Å². The van der Waals surface area contributed by atoms with Gasteiger partial charge in [-0.2, -0.15) is 0 Å². The van der Waals surface area contributed by atoms with E-state index < -0.39 is 0 Å². The molecule has 0 spiro atoms. The van der Waals surface area contributed by atoms with Crippen molar-refractivity contribution in [1.29, 1.82) is 0 Å². The van der Waals surface area contributed by atoms with Crippen LogP contribution in [0.25, 0.3) is 0 Å². The average Bonchev–Trinajstić information content (AvgIpc) is 2.48. The fourth-order valence-electron chi connectivity index (χ4n) is 1.81. The Bertz CT molecular complexity index is 602. The van der Waals surface area contributed by atoms with Gasteiger partial charge in [-0.05, 0) is 29.8 Å². The summed E-state index contributed by atoms with van der Waals surface area (Å²) in [6, 6.07) is 10.7. The van der Waals surface area contributed by atoms with E-state index in [2.05, 4.69) is 5.32 Å². The molecule has 4 nitrogen and oxygen atoms in total. The summed E-state index contributed by atoms with van der Waals surface area (Å²) in [4.78, 5) is 0. The summed E-state index contributed by atoms with van der Waals surface area (Å²) in [6.45, 7) is 0.593. The van der Waals surface area contributed by atoms with Crippen molar-refractivity contribution in [1.82, 2.24) is 0 Å². The first-order valence-corrected chi connectivity index (χ1v) is 6.45. The molecule has 0 bridgehead atoms. The lowest BCUT2D eigenvalue weighted by atomic mass is 10.2. The maximum atomic E-state index is 9.37. The Balaban J connectivity index is 2.08. The van der Waals surface area contributed by atoms with Gasteiger partial charge in [0.1, 0.15) is 5.75 Å². The number of ether oxygens (including phenoxy) is 2. The molecule has 0 heterocycles. The fraction of sp³-hybridized carbons (Fsp3) is 0.200. The van der Waals surface area contributed by atoms with E-state index in [1.54, 1.807) is 26.4 Å². The molecule has 2 aromatic rings. The molecule has 2 N–H and O–H groups in total. The molecule has 0 amide bonds. The number of methoxy groups -OCH3 is 2. The van der Waals surface area contributed by atoms with E-state index in [0.717, 1.165) is 11.3 Å². The Hall–Kier alpha value is -2.07. The summed E-state index contributed by atoms with van der Waals surface area (Å²) < 4.78 is 10.4. The highest BCUT2D eigenvalue weighted by Gasteiger charge is 2.05. The molecule has 20 heavy (non-hydrogen) atoms. The van der Waals surface area contributed by atoms with E-state index in [1.807, 2.05) is 24.3 Å². The Labute approximate surface area is 122 Å². The first kappa shape index (κ1) is 14.3. The first-order valence-electron chi connectivity index (χ1n) is 6.07. The third kappa shape index (κ3) is 3.27. The lowest BCUT2D eigenvalue weighted by Gasteiger charge is -2.11. The van der Waals surface area contributed by atoms with Crippen molar-refractivity contribution >= 4 is 17.3 Å². The molecular formula is C15H16ClNO3. The van der Waals surface area contributed by atoms with Gasteiger partial charge < -0.3 is 19.9 Å². The minimum Gasteiger partial charge on any atom is -0.506 e. The Morgan fingerprint density at radius 3 is 2.45 bits per heavy atom. The number of aromatic hydroxyl groups is 1. The van der Waals surface area contributed by atoms with Crippen molar-refractivity contribution in [3.63, 3.8) is 0 Å². The van der Waals surface area contributed by atoms with E-state index in [9.17, 15) is 5.11 Å². The van der Waals surface area contributed by atoms with Crippen molar-refractivity contribution in [3.8, 4) is 17.2 Å². The van der Waals surface area contributed by atoms with Crippen LogP contribution in [0, 0.1) is 0 Å². The molecule has 0 atom stereocenters. The van der Waals surface area contributed by atoms with Crippen molar-refractivity contribution in [2.45, 2.75) is 6.54 Å². The number of phenolic OH excluding ortho intramolecular Hbond substituents is 1. The third-order valence-corrected chi connectivity index (χ3v) is 3.20. The maximum Gasteiger partial charge on any atom is 0.162 e. The zero-order valence-corrected chi connectivity index (χ0v) is 12.1. The van der Waals surface area contributed by atoms with Gasteiger partial charge >= 0.3 is 0 Å². The fourth-order valence-corrected chi connectivity index (χ4v) is 2.01. The molecule has 2 aromatic carbocycles. The molecule has 5 heteroatoms. The van der Waals surface area contributed by atoms with Gasteiger partial charge in [0, 0.05) is 18.3 Å². The summed E-state index contributed by atoms with van der Waals surface area (Å²) >= 11 is 5.87. The number of hydrogen-bond acceptors (Lipinski definition) is 4. The quantitative estimate of drug-likeness (QED) is 0.883. The molecule has 106 valence electrons. The first-order chi connectivity index (χ1) is 9.63. The van der Waals surface area contributed by atoms with Crippen molar-refractivity contribution < 1.29 is 14.6 Å². The Morgan fingerprint density at radius 1 is 1.05 bits per heavy atom. The van der Waals surface area contributed by atoms with Crippen LogP contribution in [-0.4, -0.2) is 19.3 Å². The number of rotatable bonds is 5. The number of halogens is 1. The van der Waals surface area contributed by atoms with Crippen LogP contribution in [0.15, 0.2) is 36.4 Å². The van der Waals surface area contributed by atoms with Gasteiger partial charge in [0.2, 0.25) is 0 Å². The van der Waals surface area contributed by atoms with Crippen LogP contribution in [0.3, 0.4) is 0 Å². The highest BCUT2D eigenvalue weighted by Crippen LogP contribution is 2.30. The second-order valence-corrected chi connectivity index (χ2v) is 4.62. The van der Waals surface area contributed by atoms with Gasteiger partial charge in [-0.1, -0.05) is 17.7 Å². The van der Waals surface area contributed by atoms with E-state index in [0.29, 0.717) is 23.1 Å². The number of benzene rings is 2. The van der Waals surface area contributed by atoms with Crippen molar-refractivity contribution in [2.24, 2.45) is 0 Å². The van der Waals surface area contributed by atoms with E-state index in [4.69, 9.17) is 21.1 Å². The number of hydrogen-bond donors (Lipinski definition) is 2. The monoisotopic (exact) mass is 293 g/mol. The molecule has 2 rings (SSSR count). The van der Waals surface area contributed by atoms with E-state index >= 15 is 0 Å². The van der Waals surface area contributed by atoms with Gasteiger partial charge in [-0.15, -0.1) is 0 Å². The van der Waals surface area contributed by atoms with Crippen LogP contribution >= 0.6 is 11.6 Å². The van der Waals surface area contributed by atoms with Crippen molar-refractivity contribution in [2.75, 3.05) is 19.5 Å². The second-order valence-electron chi connectivity index (χ2n) is 4.21. The third-order valence-electron chi connectivity index (χ3n) is 2.89. The molecule has 0 aromatic heterocycles. The van der Waals surface area contributed by atoms with Crippen LogP contribution in [0.5, 0.6) is 17.2 Å². The van der Waals surface area contributed by atoms with Gasteiger partial charge in [0.25, 0.3) is 0 Å². The predicted molar refractivity (Wildman–Crippen MR) is 80.0 cm³/mol. The highest BCUT2D eigenvalue weighted by molar-refractivity contribution is 6.32. The lowest BCUT2D eigenvalue weighted by Crippen LogP contribution is -2.00. The van der Waals surface area contributed by atoms with Crippen LogP contribution in [0.1, 0.15) is 5.56 Å². The molecule has 0 aliphatic heterocycles. The van der Waals surface area contributed by atoms with E-state index in [-0.39, 0.29) is 5.75 Å². The summed E-state index contributed by atoms with van der Waals surface area (Å²) in [6.07, 6.45) is 0. The Kier molecular flexibility index (Phi) is 4.58. The molecule has 0 saturated carbocycles.